The Morgan fingerprint density at radius 2 is 1.94 bits per heavy atom. The van der Waals surface area contributed by atoms with Crippen LogP contribution in [0.3, 0.4) is 0 Å². The normalized spacial score (nSPS) is 30.1. The predicted molar refractivity (Wildman–Crippen MR) is 64.9 cm³/mol. The van der Waals surface area contributed by atoms with Gasteiger partial charge in [0.05, 0.1) is 5.92 Å². The Morgan fingerprint density at radius 1 is 1.19 bits per heavy atom. The molecule has 0 saturated heterocycles. The summed E-state index contributed by atoms with van der Waals surface area (Å²) in [6.07, 6.45) is 9.58. The maximum absolute atomic E-state index is 11.9. The second kappa shape index (κ2) is 5.67. The first-order valence-electron chi connectivity index (χ1n) is 6.80. The van der Waals surface area contributed by atoms with E-state index in [-0.39, 0.29) is 17.9 Å². The molecule has 0 aromatic carbocycles. The van der Waals surface area contributed by atoms with Crippen LogP contribution in [0.2, 0.25) is 0 Å². The van der Waals surface area contributed by atoms with Crippen molar-refractivity contribution in [3.05, 3.63) is 0 Å². The molecule has 2 rings (SSSR count). The van der Waals surface area contributed by atoms with Gasteiger partial charge in [0, 0.05) is 12.6 Å². The molecule has 0 radical (unpaired) electrons. The number of carbonyl (C=O) groups is 1. The third-order valence-electron chi connectivity index (χ3n) is 3.94. The van der Waals surface area contributed by atoms with Gasteiger partial charge in [-0.1, -0.05) is 25.7 Å². The second-order valence-corrected chi connectivity index (χ2v) is 5.43. The van der Waals surface area contributed by atoms with E-state index in [2.05, 4.69) is 5.32 Å². The van der Waals surface area contributed by atoms with Crippen LogP contribution in [0.5, 0.6) is 0 Å². The maximum Gasteiger partial charge on any atom is 0.224 e. The van der Waals surface area contributed by atoms with Crippen LogP contribution in [0, 0.1) is 11.8 Å². The van der Waals surface area contributed by atoms with Crippen LogP contribution < -0.4 is 11.1 Å². The summed E-state index contributed by atoms with van der Waals surface area (Å²) in [5.74, 6) is 1.24. The van der Waals surface area contributed by atoms with Gasteiger partial charge in [0.1, 0.15) is 0 Å². The van der Waals surface area contributed by atoms with Crippen molar-refractivity contribution >= 4 is 5.91 Å². The molecule has 2 fully saturated rings. The molecule has 16 heavy (non-hydrogen) atoms. The zero-order valence-corrected chi connectivity index (χ0v) is 10.1. The molecule has 3 heteroatoms. The molecule has 1 amide bonds. The molecule has 2 aliphatic carbocycles. The fourth-order valence-corrected chi connectivity index (χ4v) is 2.63. The first-order valence-corrected chi connectivity index (χ1v) is 6.80. The molecule has 0 spiro atoms. The molecule has 0 heterocycles. The molecule has 3 N–H and O–H groups in total. The van der Waals surface area contributed by atoms with Crippen molar-refractivity contribution in [3.63, 3.8) is 0 Å². The van der Waals surface area contributed by atoms with E-state index >= 15 is 0 Å². The lowest BCUT2D eigenvalue weighted by atomic mass is 9.84. The zero-order valence-electron chi connectivity index (χ0n) is 10.1. The molecule has 0 aromatic heterocycles. The number of nitrogens with one attached hydrogen (secondary N) is 1. The average molecular weight is 224 g/mol. The summed E-state index contributed by atoms with van der Waals surface area (Å²) in [5.41, 5.74) is 5.98. The summed E-state index contributed by atoms with van der Waals surface area (Å²) in [7, 11) is 0. The van der Waals surface area contributed by atoms with E-state index in [4.69, 9.17) is 5.73 Å². The van der Waals surface area contributed by atoms with E-state index in [1.54, 1.807) is 0 Å². The summed E-state index contributed by atoms with van der Waals surface area (Å²) in [4.78, 5) is 11.9. The standard InChI is InChI=1S/C13H24N2O/c14-12-6-2-1-5-11(12)13(16)15-9-3-4-10-7-8-10/h10-12H,1-9,14H2,(H,15,16). The van der Waals surface area contributed by atoms with Gasteiger partial charge >= 0.3 is 0 Å². The second-order valence-electron chi connectivity index (χ2n) is 5.43. The van der Waals surface area contributed by atoms with Gasteiger partial charge in [-0.15, -0.1) is 0 Å². The lowest BCUT2D eigenvalue weighted by molar-refractivity contribution is -0.126. The average Bonchev–Trinajstić information content (AvgIpc) is 3.08. The molecular weight excluding hydrogens is 200 g/mol. The summed E-state index contributed by atoms with van der Waals surface area (Å²) in [6, 6.07) is 0.0946. The molecule has 0 aromatic rings. The van der Waals surface area contributed by atoms with Crippen molar-refractivity contribution in [1.29, 1.82) is 0 Å². The van der Waals surface area contributed by atoms with Gasteiger partial charge in [0.2, 0.25) is 5.91 Å². The molecule has 2 unspecified atom stereocenters. The van der Waals surface area contributed by atoms with Crippen LogP contribution in [0.25, 0.3) is 0 Å². The summed E-state index contributed by atoms with van der Waals surface area (Å²) < 4.78 is 0. The van der Waals surface area contributed by atoms with Crippen molar-refractivity contribution in [2.24, 2.45) is 17.6 Å². The highest BCUT2D eigenvalue weighted by Crippen LogP contribution is 2.33. The van der Waals surface area contributed by atoms with E-state index in [0.717, 1.165) is 38.1 Å². The van der Waals surface area contributed by atoms with Gasteiger partial charge in [-0.2, -0.15) is 0 Å². The van der Waals surface area contributed by atoms with E-state index in [1.807, 2.05) is 0 Å². The Hall–Kier alpha value is -0.570. The van der Waals surface area contributed by atoms with Crippen LogP contribution in [0.1, 0.15) is 51.4 Å². The van der Waals surface area contributed by atoms with Crippen molar-refractivity contribution in [3.8, 4) is 0 Å². The monoisotopic (exact) mass is 224 g/mol. The molecular formula is C13H24N2O. The smallest absolute Gasteiger partial charge is 0.224 e. The zero-order chi connectivity index (χ0) is 11.4. The number of amides is 1. The Morgan fingerprint density at radius 3 is 2.62 bits per heavy atom. The van der Waals surface area contributed by atoms with E-state index in [0.29, 0.717) is 0 Å². The summed E-state index contributed by atoms with van der Waals surface area (Å²) in [5, 5.41) is 3.05. The quantitative estimate of drug-likeness (QED) is 0.700. The van der Waals surface area contributed by atoms with E-state index < -0.39 is 0 Å². The lowest BCUT2D eigenvalue weighted by Crippen LogP contribution is -2.43. The number of carbonyl (C=O) groups excluding carboxylic acids is 1. The van der Waals surface area contributed by atoms with Gasteiger partial charge in [-0.3, -0.25) is 4.79 Å². The van der Waals surface area contributed by atoms with E-state index in [1.165, 1.54) is 25.7 Å². The molecule has 2 aliphatic rings. The van der Waals surface area contributed by atoms with Crippen molar-refractivity contribution in [1.82, 2.24) is 5.32 Å². The fraction of sp³-hybridized carbons (Fsp3) is 0.923. The molecule has 2 saturated carbocycles. The number of hydrogen-bond acceptors (Lipinski definition) is 2. The lowest BCUT2D eigenvalue weighted by Gasteiger charge is -2.27. The first-order chi connectivity index (χ1) is 7.77. The Balaban J connectivity index is 1.61. The Bertz CT molecular complexity index is 238. The van der Waals surface area contributed by atoms with Gasteiger partial charge < -0.3 is 11.1 Å². The molecule has 3 nitrogen and oxygen atoms in total. The molecule has 2 atom stereocenters. The van der Waals surface area contributed by atoms with Crippen LogP contribution in [0.4, 0.5) is 0 Å². The Labute approximate surface area is 98.2 Å². The predicted octanol–water partition coefficient (Wildman–Crippen LogP) is 1.81. The van der Waals surface area contributed by atoms with Crippen LogP contribution in [-0.2, 0) is 4.79 Å². The minimum absolute atomic E-state index is 0.0784. The third-order valence-corrected chi connectivity index (χ3v) is 3.94. The van der Waals surface area contributed by atoms with Crippen LogP contribution >= 0.6 is 0 Å². The number of nitrogens with two attached hydrogens (primary N) is 1. The van der Waals surface area contributed by atoms with Crippen LogP contribution in [0.15, 0.2) is 0 Å². The molecule has 92 valence electrons. The number of hydrogen-bond donors (Lipinski definition) is 2. The SMILES string of the molecule is NC1CCCCC1C(=O)NCCCC1CC1. The number of rotatable bonds is 5. The first kappa shape index (κ1) is 11.9. The maximum atomic E-state index is 11.9. The minimum Gasteiger partial charge on any atom is -0.356 e. The molecule has 0 aliphatic heterocycles. The van der Waals surface area contributed by atoms with Gasteiger partial charge in [0.15, 0.2) is 0 Å². The van der Waals surface area contributed by atoms with Crippen molar-refractivity contribution < 1.29 is 4.79 Å². The summed E-state index contributed by atoms with van der Waals surface area (Å²) >= 11 is 0. The Kier molecular flexibility index (Phi) is 4.22. The van der Waals surface area contributed by atoms with Crippen LogP contribution in [-0.4, -0.2) is 18.5 Å². The highest BCUT2D eigenvalue weighted by molar-refractivity contribution is 5.79. The molecule has 0 bridgehead atoms. The largest absolute Gasteiger partial charge is 0.356 e. The third kappa shape index (κ3) is 3.48. The van der Waals surface area contributed by atoms with Gasteiger partial charge in [-0.05, 0) is 31.6 Å². The van der Waals surface area contributed by atoms with Gasteiger partial charge in [-0.25, -0.2) is 0 Å². The van der Waals surface area contributed by atoms with E-state index in [9.17, 15) is 4.79 Å². The highest BCUT2D eigenvalue weighted by Gasteiger charge is 2.28. The summed E-state index contributed by atoms with van der Waals surface area (Å²) in [6.45, 7) is 0.846. The highest BCUT2D eigenvalue weighted by atomic mass is 16.1. The topological polar surface area (TPSA) is 55.1 Å². The van der Waals surface area contributed by atoms with Crippen molar-refractivity contribution in [2.45, 2.75) is 57.4 Å². The fourth-order valence-electron chi connectivity index (χ4n) is 2.63. The minimum atomic E-state index is 0.0784. The van der Waals surface area contributed by atoms with Crippen molar-refractivity contribution in [2.75, 3.05) is 6.54 Å². The van der Waals surface area contributed by atoms with Gasteiger partial charge in [0.25, 0.3) is 0 Å².